The van der Waals surface area contributed by atoms with E-state index in [2.05, 4.69) is 5.32 Å². The van der Waals surface area contributed by atoms with Gasteiger partial charge < -0.3 is 11.1 Å². The van der Waals surface area contributed by atoms with E-state index in [1.165, 1.54) is 0 Å². The van der Waals surface area contributed by atoms with Crippen LogP contribution in [0.3, 0.4) is 0 Å². The lowest BCUT2D eigenvalue weighted by Crippen LogP contribution is -2.20. The Labute approximate surface area is 96.9 Å². The summed E-state index contributed by atoms with van der Waals surface area (Å²) in [6.45, 7) is 0. The Bertz CT molecular complexity index is 386. The number of anilines is 1. The van der Waals surface area contributed by atoms with Crippen LogP contribution >= 0.6 is 23.2 Å². The van der Waals surface area contributed by atoms with E-state index in [9.17, 15) is 4.79 Å². The molecule has 0 aliphatic carbocycles. The molecule has 0 aliphatic heterocycles. The maximum atomic E-state index is 11.2. The number of carbonyl (C=O) groups excluding carboxylic acids is 1. The van der Waals surface area contributed by atoms with E-state index in [0.29, 0.717) is 15.7 Å². The molecule has 0 aromatic heterocycles. The van der Waals surface area contributed by atoms with Gasteiger partial charge in [-0.3, -0.25) is 10.2 Å². The summed E-state index contributed by atoms with van der Waals surface area (Å²) >= 11 is 11.5. The maximum absolute atomic E-state index is 11.2. The fourth-order valence-corrected chi connectivity index (χ4v) is 1.53. The summed E-state index contributed by atoms with van der Waals surface area (Å²) in [6.07, 6.45) is -0.149. The smallest absolute Gasteiger partial charge is 0.231 e. The third-order valence-electron chi connectivity index (χ3n) is 1.50. The van der Waals surface area contributed by atoms with Crippen LogP contribution in [-0.2, 0) is 4.79 Å². The molecule has 15 heavy (non-hydrogen) atoms. The Balaban J connectivity index is 2.72. The van der Waals surface area contributed by atoms with Crippen LogP contribution in [0.4, 0.5) is 5.69 Å². The summed E-state index contributed by atoms with van der Waals surface area (Å²) in [5, 5.41) is 10.3. The largest absolute Gasteiger partial charge is 0.387 e. The van der Waals surface area contributed by atoms with Crippen molar-refractivity contribution in [2.75, 3.05) is 5.32 Å². The number of nitrogens with two attached hydrogens (primary N) is 1. The number of nitrogens with one attached hydrogen (secondary N) is 2. The van der Waals surface area contributed by atoms with Gasteiger partial charge in [0, 0.05) is 15.7 Å². The number of hydrogen-bond donors (Lipinski definition) is 3. The van der Waals surface area contributed by atoms with Crippen LogP contribution in [0.15, 0.2) is 18.2 Å². The zero-order valence-corrected chi connectivity index (χ0v) is 9.19. The van der Waals surface area contributed by atoms with Crippen molar-refractivity contribution in [2.24, 2.45) is 5.73 Å². The van der Waals surface area contributed by atoms with Crippen molar-refractivity contribution in [3.63, 3.8) is 0 Å². The summed E-state index contributed by atoms with van der Waals surface area (Å²) in [5.41, 5.74) is 5.56. The Hall–Kier alpha value is -1.26. The van der Waals surface area contributed by atoms with Gasteiger partial charge in [0.05, 0.1) is 6.42 Å². The number of amidine groups is 1. The number of benzene rings is 1. The van der Waals surface area contributed by atoms with Crippen molar-refractivity contribution in [2.45, 2.75) is 6.42 Å². The number of carbonyl (C=O) groups is 1. The molecule has 1 amide bonds. The fraction of sp³-hybridized carbons (Fsp3) is 0.111. The molecule has 1 rings (SSSR count). The van der Waals surface area contributed by atoms with Gasteiger partial charge in [0.25, 0.3) is 0 Å². The molecule has 0 saturated carbocycles. The van der Waals surface area contributed by atoms with E-state index in [1.807, 2.05) is 0 Å². The molecule has 0 radical (unpaired) electrons. The molecule has 0 unspecified atom stereocenters. The van der Waals surface area contributed by atoms with Gasteiger partial charge in [0.15, 0.2) is 0 Å². The topological polar surface area (TPSA) is 79.0 Å². The number of amides is 1. The number of rotatable bonds is 3. The minimum Gasteiger partial charge on any atom is -0.387 e. The van der Waals surface area contributed by atoms with Crippen molar-refractivity contribution < 1.29 is 4.79 Å². The van der Waals surface area contributed by atoms with Gasteiger partial charge >= 0.3 is 0 Å². The van der Waals surface area contributed by atoms with Crippen LogP contribution in [0.5, 0.6) is 0 Å². The predicted octanol–water partition coefficient (Wildman–Crippen LogP) is 2.26. The molecular weight excluding hydrogens is 237 g/mol. The Morgan fingerprint density at radius 1 is 1.33 bits per heavy atom. The standard InChI is InChI=1S/C9H9Cl2N3O/c10-5-1-6(11)3-7(2-5)14-9(15)4-8(12)13/h1-3H,4H2,(H3,12,13)(H,14,15). The van der Waals surface area contributed by atoms with Gasteiger partial charge in [-0.1, -0.05) is 23.2 Å². The lowest BCUT2D eigenvalue weighted by atomic mass is 10.3. The molecule has 1 aromatic rings. The van der Waals surface area contributed by atoms with Crippen molar-refractivity contribution >= 4 is 40.6 Å². The third-order valence-corrected chi connectivity index (χ3v) is 1.93. The second kappa shape index (κ2) is 5.00. The molecule has 0 fully saturated rings. The first-order chi connectivity index (χ1) is 6.97. The van der Waals surface area contributed by atoms with E-state index in [-0.39, 0.29) is 18.2 Å². The monoisotopic (exact) mass is 245 g/mol. The first-order valence-electron chi connectivity index (χ1n) is 4.06. The highest BCUT2D eigenvalue weighted by molar-refractivity contribution is 6.35. The highest BCUT2D eigenvalue weighted by Gasteiger charge is 2.05. The van der Waals surface area contributed by atoms with Gasteiger partial charge in [-0.25, -0.2) is 0 Å². The Morgan fingerprint density at radius 3 is 2.33 bits per heavy atom. The van der Waals surface area contributed by atoms with Crippen molar-refractivity contribution in [1.29, 1.82) is 5.41 Å². The molecule has 4 nitrogen and oxygen atoms in total. The Kier molecular flexibility index (Phi) is 3.94. The summed E-state index contributed by atoms with van der Waals surface area (Å²) in [6, 6.07) is 4.68. The molecule has 0 bridgehead atoms. The third kappa shape index (κ3) is 4.18. The van der Waals surface area contributed by atoms with Crippen LogP contribution in [0.25, 0.3) is 0 Å². The molecule has 0 saturated heterocycles. The van der Waals surface area contributed by atoms with Gasteiger partial charge in [0.2, 0.25) is 5.91 Å². The molecule has 80 valence electrons. The van der Waals surface area contributed by atoms with Crippen LogP contribution in [0.2, 0.25) is 10.0 Å². The lowest BCUT2D eigenvalue weighted by molar-refractivity contribution is -0.115. The fourth-order valence-electron chi connectivity index (χ4n) is 1.00. The van der Waals surface area contributed by atoms with Crippen molar-refractivity contribution in [1.82, 2.24) is 0 Å². The molecule has 6 heteroatoms. The number of hydrogen-bond acceptors (Lipinski definition) is 2. The van der Waals surface area contributed by atoms with Gasteiger partial charge in [0.1, 0.15) is 5.84 Å². The van der Waals surface area contributed by atoms with E-state index in [1.54, 1.807) is 18.2 Å². The van der Waals surface area contributed by atoms with Crippen LogP contribution in [-0.4, -0.2) is 11.7 Å². The number of halogens is 2. The maximum Gasteiger partial charge on any atom is 0.231 e. The van der Waals surface area contributed by atoms with Crippen LogP contribution < -0.4 is 11.1 Å². The summed E-state index contributed by atoms with van der Waals surface area (Å²) in [7, 11) is 0. The molecule has 1 aromatic carbocycles. The van der Waals surface area contributed by atoms with E-state index in [4.69, 9.17) is 34.3 Å². The predicted molar refractivity (Wildman–Crippen MR) is 61.6 cm³/mol. The lowest BCUT2D eigenvalue weighted by Gasteiger charge is -2.05. The molecule has 4 N–H and O–H groups in total. The average molecular weight is 246 g/mol. The second-order valence-corrected chi connectivity index (χ2v) is 3.78. The van der Waals surface area contributed by atoms with E-state index in [0.717, 1.165) is 0 Å². The molecule has 0 spiro atoms. The summed E-state index contributed by atoms with van der Waals surface area (Å²) in [4.78, 5) is 11.2. The highest BCUT2D eigenvalue weighted by atomic mass is 35.5. The average Bonchev–Trinajstić information content (AvgIpc) is 1.98. The van der Waals surface area contributed by atoms with E-state index < -0.39 is 0 Å². The van der Waals surface area contributed by atoms with Gasteiger partial charge in [-0.2, -0.15) is 0 Å². The van der Waals surface area contributed by atoms with Crippen molar-refractivity contribution in [3.8, 4) is 0 Å². The normalized spacial score (nSPS) is 9.73. The minimum atomic E-state index is -0.374. The van der Waals surface area contributed by atoms with Gasteiger partial charge in [-0.05, 0) is 18.2 Å². The molecule has 0 atom stereocenters. The Morgan fingerprint density at radius 2 is 1.87 bits per heavy atom. The second-order valence-electron chi connectivity index (χ2n) is 2.91. The first kappa shape index (κ1) is 11.8. The zero-order valence-electron chi connectivity index (χ0n) is 7.68. The van der Waals surface area contributed by atoms with E-state index >= 15 is 0 Å². The van der Waals surface area contributed by atoms with Crippen molar-refractivity contribution in [3.05, 3.63) is 28.2 Å². The zero-order chi connectivity index (χ0) is 11.4. The van der Waals surface area contributed by atoms with Crippen LogP contribution in [0.1, 0.15) is 6.42 Å². The molecule has 0 heterocycles. The van der Waals surface area contributed by atoms with Gasteiger partial charge in [-0.15, -0.1) is 0 Å². The SMILES string of the molecule is N=C(N)CC(=O)Nc1cc(Cl)cc(Cl)c1. The highest BCUT2D eigenvalue weighted by Crippen LogP contribution is 2.22. The quantitative estimate of drug-likeness (QED) is 0.564. The first-order valence-corrected chi connectivity index (χ1v) is 4.82. The minimum absolute atomic E-state index is 0.149. The van der Waals surface area contributed by atoms with Crippen LogP contribution in [0, 0.1) is 5.41 Å². The summed E-state index contributed by atoms with van der Waals surface area (Å²) < 4.78 is 0. The molecular formula is C9H9Cl2N3O. The molecule has 0 aliphatic rings. The summed E-state index contributed by atoms with van der Waals surface area (Å²) in [5.74, 6) is -0.568.